The number of halogens is 1. The molecule has 0 bridgehead atoms. The number of carbonyl (C=O) groups is 1. The van der Waals surface area contributed by atoms with E-state index < -0.39 is 0 Å². The second kappa shape index (κ2) is 6.40. The molecule has 14 heavy (non-hydrogen) atoms. The van der Waals surface area contributed by atoms with E-state index in [9.17, 15) is 4.79 Å². The van der Waals surface area contributed by atoms with Crippen LogP contribution in [0, 0.1) is 0 Å². The smallest absolute Gasteiger partial charge is 0.233 e. The highest BCUT2D eigenvalue weighted by atomic mass is 79.9. The van der Waals surface area contributed by atoms with Gasteiger partial charge in [-0.1, -0.05) is 22.9 Å². The van der Waals surface area contributed by atoms with E-state index in [0.717, 1.165) is 25.9 Å². The van der Waals surface area contributed by atoms with Gasteiger partial charge in [-0.05, 0) is 25.7 Å². The fourth-order valence-electron chi connectivity index (χ4n) is 1.48. The van der Waals surface area contributed by atoms with Gasteiger partial charge >= 0.3 is 0 Å². The van der Waals surface area contributed by atoms with Crippen molar-refractivity contribution in [2.45, 2.75) is 43.5 Å². The van der Waals surface area contributed by atoms with Gasteiger partial charge in [0.15, 0.2) is 0 Å². The normalized spacial score (nSPS) is 24.3. The topological polar surface area (TPSA) is 38.3 Å². The minimum Gasteiger partial charge on any atom is -0.376 e. The number of alkyl halides is 1. The minimum absolute atomic E-state index is 0.0638. The first-order valence-corrected chi connectivity index (χ1v) is 6.19. The monoisotopic (exact) mass is 263 g/mol. The van der Waals surface area contributed by atoms with Gasteiger partial charge in [-0.3, -0.25) is 4.79 Å². The molecular weight excluding hydrogens is 246 g/mol. The molecule has 1 aliphatic rings. The van der Waals surface area contributed by atoms with E-state index in [0.29, 0.717) is 6.54 Å². The summed E-state index contributed by atoms with van der Waals surface area (Å²) in [6, 6.07) is 0. The zero-order chi connectivity index (χ0) is 10.4. The average Bonchev–Trinajstić information content (AvgIpc) is 2.26. The first-order valence-electron chi connectivity index (χ1n) is 5.27. The highest BCUT2D eigenvalue weighted by molar-refractivity contribution is 9.10. The Hall–Kier alpha value is -0.0900. The molecule has 1 rings (SSSR count). The Balaban J connectivity index is 2.15. The van der Waals surface area contributed by atoms with Crippen LogP contribution < -0.4 is 5.32 Å². The fraction of sp³-hybridized carbons (Fsp3) is 0.900. The second-order valence-electron chi connectivity index (χ2n) is 3.61. The molecule has 0 aromatic carbocycles. The lowest BCUT2D eigenvalue weighted by Crippen LogP contribution is -2.38. The Kier molecular flexibility index (Phi) is 5.48. The number of hydrogen-bond donors (Lipinski definition) is 1. The van der Waals surface area contributed by atoms with Crippen molar-refractivity contribution < 1.29 is 9.53 Å². The molecule has 3 nitrogen and oxygen atoms in total. The van der Waals surface area contributed by atoms with Crippen LogP contribution in [-0.2, 0) is 9.53 Å². The Labute approximate surface area is 93.7 Å². The standard InChI is InChI=1S/C10H18BrNO2/c1-2-9(11)10(13)12-7-8-5-3-4-6-14-8/h8-9H,2-7H2,1H3,(H,12,13). The van der Waals surface area contributed by atoms with E-state index in [1.165, 1.54) is 6.42 Å². The molecule has 0 aromatic rings. The van der Waals surface area contributed by atoms with Crippen LogP contribution in [0.1, 0.15) is 32.6 Å². The Morgan fingerprint density at radius 1 is 1.64 bits per heavy atom. The maximum absolute atomic E-state index is 11.4. The summed E-state index contributed by atoms with van der Waals surface area (Å²) >= 11 is 3.31. The largest absolute Gasteiger partial charge is 0.376 e. The van der Waals surface area contributed by atoms with E-state index in [-0.39, 0.29) is 16.8 Å². The zero-order valence-corrected chi connectivity index (χ0v) is 10.2. The molecular formula is C10H18BrNO2. The predicted molar refractivity (Wildman–Crippen MR) is 59.6 cm³/mol. The van der Waals surface area contributed by atoms with Gasteiger partial charge in [0.1, 0.15) is 0 Å². The van der Waals surface area contributed by atoms with Crippen molar-refractivity contribution in [2.75, 3.05) is 13.2 Å². The van der Waals surface area contributed by atoms with E-state index in [4.69, 9.17) is 4.74 Å². The van der Waals surface area contributed by atoms with E-state index in [1.807, 2.05) is 6.92 Å². The van der Waals surface area contributed by atoms with Gasteiger partial charge in [0.05, 0.1) is 10.9 Å². The highest BCUT2D eigenvalue weighted by Gasteiger charge is 2.17. The first kappa shape index (κ1) is 12.0. The summed E-state index contributed by atoms with van der Waals surface area (Å²) in [6.45, 7) is 3.48. The lowest BCUT2D eigenvalue weighted by atomic mass is 10.1. The number of carbonyl (C=O) groups excluding carboxylic acids is 1. The molecule has 0 saturated carbocycles. The predicted octanol–water partition coefficient (Wildman–Crippen LogP) is 1.85. The van der Waals surface area contributed by atoms with Crippen LogP contribution in [0.3, 0.4) is 0 Å². The van der Waals surface area contributed by atoms with Crippen LogP contribution in [0.25, 0.3) is 0 Å². The third-order valence-electron chi connectivity index (χ3n) is 2.42. The molecule has 82 valence electrons. The van der Waals surface area contributed by atoms with Gasteiger partial charge < -0.3 is 10.1 Å². The first-order chi connectivity index (χ1) is 6.74. The molecule has 1 saturated heterocycles. The molecule has 1 aliphatic heterocycles. The number of rotatable bonds is 4. The van der Waals surface area contributed by atoms with E-state index in [2.05, 4.69) is 21.2 Å². The molecule has 1 N–H and O–H groups in total. The summed E-state index contributed by atoms with van der Waals surface area (Å²) in [6.07, 6.45) is 4.48. The van der Waals surface area contributed by atoms with Crippen molar-refractivity contribution in [3.05, 3.63) is 0 Å². The molecule has 1 amide bonds. The number of nitrogens with one attached hydrogen (secondary N) is 1. The van der Waals surface area contributed by atoms with Crippen LogP contribution in [0.2, 0.25) is 0 Å². The van der Waals surface area contributed by atoms with Crippen LogP contribution in [-0.4, -0.2) is 30.0 Å². The lowest BCUT2D eigenvalue weighted by Gasteiger charge is -2.23. The van der Waals surface area contributed by atoms with Crippen molar-refractivity contribution >= 4 is 21.8 Å². The van der Waals surface area contributed by atoms with Crippen molar-refractivity contribution in [1.82, 2.24) is 5.32 Å². The maximum atomic E-state index is 11.4. The van der Waals surface area contributed by atoms with E-state index >= 15 is 0 Å². The summed E-state index contributed by atoms with van der Waals surface area (Å²) in [7, 11) is 0. The fourth-order valence-corrected chi connectivity index (χ4v) is 1.64. The van der Waals surface area contributed by atoms with Gasteiger partial charge in [-0.25, -0.2) is 0 Å². The quantitative estimate of drug-likeness (QED) is 0.787. The molecule has 1 heterocycles. The van der Waals surface area contributed by atoms with Gasteiger partial charge in [-0.15, -0.1) is 0 Å². The zero-order valence-electron chi connectivity index (χ0n) is 8.59. The third kappa shape index (κ3) is 3.96. The van der Waals surface area contributed by atoms with Gasteiger partial charge in [0.2, 0.25) is 5.91 Å². The van der Waals surface area contributed by atoms with Crippen molar-refractivity contribution in [3.63, 3.8) is 0 Å². The molecule has 0 spiro atoms. The number of hydrogen-bond acceptors (Lipinski definition) is 2. The van der Waals surface area contributed by atoms with Crippen molar-refractivity contribution in [3.8, 4) is 0 Å². The van der Waals surface area contributed by atoms with Gasteiger partial charge in [0, 0.05) is 13.2 Å². The van der Waals surface area contributed by atoms with Gasteiger partial charge in [0.25, 0.3) is 0 Å². The summed E-state index contributed by atoms with van der Waals surface area (Å²) in [5.41, 5.74) is 0. The molecule has 0 aliphatic carbocycles. The summed E-state index contributed by atoms with van der Waals surface area (Å²) in [4.78, 5) is 11.3. The number of amides is 1. The summed E-state index contributed by atoms with van der Waals surface area (Å²) in [5, 5.41) is 2.89. The summed E-state index contributed by atoms with van der Waals surface area (Å²) in [5.74, 6) is 0.0710. The van der Waals surface area contributed by atoms with E-state index in [1.54, 1.807) is 0 Å². The van der Waals surface area contributed by atoms with Crippen LogP contribution in [0.5, 0.6) is 0 Å². The Morgan fingerprint density at radius 2 is 2.43 bits per heavy atom. The van der Waals surface area contributed by atoms with Crippen molar-refractivity contribution in [1.29, 1.82) is 0 Å². The SMILES string of the molecule is CCC(Br)C(=O)NCC1CCCCO1. The lowest BCUT2D eigenvalue weighted by molar-refractivity contribution is -0.121. The minimum atomic E-state index is -0.0638. The maximum Gasteiger partial charge on any atom is 0.233 e. The Bertz CT molecular complexity index is 181. The van der Waals surface area contributed by atoms with Crippen molar-refractivity contribution in [2.24, 2.45) is 0 Å². The highest BCUT2D eigenvalue weighted by Crippen LogP contribution is 2.12. The third-order valence-corrected chi connectivity index (χ3v) is 3.48. The van der Waals surface area contributed by atoms with Crippen LogP contribution >= 0.6 is 15.9 Å². The molecule has 1 fully saturated rings. The average molecular weight is 264 g/mol. The Morgan fingerprint density at radius 3 is 3.00 bits per heavy atom. The van der Waals surface area contributed by atoms with Gasteiger partial charge in [-0.2, -0.15) is 0 Å². The second-order valence-corrected chi connectivity index (χ2v) is 4.71. The molecule has 0 aromatic heterocycles. The molecule has 4 heteroatoms. The molecule has 2 atom stereocenters. The number of ether oxygens (including phenoxy) is 1. The molecule has 0 radical (unpaired) electrons. The summed E-state index contributed by atoms with van der Waals surface area (Å²) < 4.78 is 5.51. The van der Waals surface area contributed by atoms with Crippen LogP contribution in [0.15, 0.2) is 0 Å². The molecule has 2 unspecified atom stereocenters. The van der Waals surface area contributed by atoms with Crippen LogP contribution in [0.4, 0.5) is 0 Å².